The van der Waals surface area contributed by atoms with Gasteiger partial charge in [-0.2, -0.15) is 4.98 Å². The van der Waals surface area contributed by atoms with Gasteiger partial charge in [0.2, 0.25) is 5.88 Å². The number of methoxy groups -OCH3 is 1. The van der Waals surface area contributed by atoms with Crippen molar-refractivity contribution < 1.29 is 4.74 Å². The SMILES string of the molecule is COc1ccc2[nH]c(CN3CCCNCC3)nc2n1. The van der Waals surface area contributed by atoms with Crippen LogP contribution in [0.2, 0.25) is 0 Å². The molecule has 0 radical (unpaired) electrons. The molecule has 102 valence electrons. The Morgan fingerprint density at radius 2 is 2.21 bits per heavy atom. The fourth-order valence-electron chi connectivity index (χ4n) is 2.39. The number of nitrogens with zero attached hydrogens (tertiary/aromatic N) is 3. The topological polar surface area (TPSA) is 66.1 Å². The van der Waals surface area contributed by atoms with E-state index in [9.17, 15) is 0 Å². The van der Waals surface area contributed by atoms with Crippen molar-refractivity contribution in [1.29, 1.82) is 0 Å². The highest BCUT2D eigenvalue weighted by Crippen LogP contribution is 2.15. The minimum absolute atomic E-state index is 0.601. The summed E-state index contributed by atoms with van der Waals surface area (Å²) in [5, 5.41) is 3.40. The van der Waals surface area contributed by atoms with Gasteiger partial charge in [0.25, 0.3) is 0 Å². The number of H-pyrrole nitrogens is 1. The van der Waals surface area contributed by atoms with Gasteiger partial charge in [-0.3, -0.25) is 4.90 Å². The lowest BCUT2D eigenvalue weighted by atomic mass is 10.4. The standard InChI is InChI=1S/C13H19N5O/c1-19-12-4-3-10-13(17-12)16-11(15-10)9-18-7-2-5-14-6-8-18/h3-4,14H,2,5-9H2,1H3,(H,15,16,17). The summed E-state index contributed by atoms with van der Waals surface area (Å²) in [6.07, 6.45) is 1.19. The summed E-state index contributed by atoms with van der Waals surface area (Å²) in [5.41, 5.74) is 1.69. The summed E-state index contributed by atoms with van der Waals surface area (Å²) in [4.78, 5) is 14.6. The van der Waals surface area contributed by atoms with E-state index in [-0.39, 0.29) is 0 Å². The number of fused-ring (bicyclic) bond motifs is 1. The smallest absolute Gasteiger partial charge is 0.215 e. The van der Waals surface area contributed by atoms with Crippen LogP contribution in [0.4, 0.5) is 0 Å². The molecule has 0 saturated carbocycles. The number of aromatic nitrogens is 3. The van der Waals surface area contributed by atoms with Crippen molar-refractivity contribution in [2.45, 2.75) is 13.0 Å². The Labute approximate surface area is 112 Å². The summed E-state index contributed by atoms with van der Waals surface area (Å²) in [6.45, 7) is 5.18. The van der Waals surface area contributed by atoms with E-state index in [1.807, 2.05) is 12.1 Å². The molecule has 3 heterocycles. The van der Waals surface area contributed by atoms with Crippen LogP contribution in [-0.2, 0) is 6.54 Å². The predicted octanol–water partition coefficient (Wildman–Crippen LogP) is 0.762. The average molecular weight is 261 g/mol. The van der Waals surface area contributed by atoms with E-state index >= 15 is 0 Å². The van der Waals surface area contributed by atoms with Crippen LogP contribution in [-0.4, -0.2) is 53.1 Å². The van der Waals surface area contributed by atoms with E-state index in [2.05, 4.69) is 25.2 Å². The number of pyridine rings is 1. The molecule has 2 aromatic heterocycles. The predicted molar refractivity (Wildman–Crippen MR) is 73.2 cm³/mol. The Balaban J connectivity index is 1.76. The Bertz CT molecular complexity index is 545. The minimum Gasteiger partial charge on any atom is -0.481 e. The highest BCUT2D eigenvalue weighted by Gasteiger charge is 2.12. The van der Waals surface area contributed by atoms with Crippen LogP contribution in [0.3, 0.4) is 0 Å². The number of nitrogens with one attached hydrogen (secondary N) is 2. The first-order chi connectivity index (χ1) is 9.35. The van der Waals surface area contributed by atoms with Crippen molar-refractivity contribution in [2.75, 3.05) is 33.3 Å². The number of rotatable bonds is 3. The largest absolute Gasteiger partial charge is 0.481 e. The van der Waals surface area contributed by atoms with Crippen molar-refractivity contribution in [2.24, 2.45) is 0 Å². The van der Waals surface area contributed by atoms with E-state index in [1.165, 1.54) is 6.42 Å². The summed E-state index contributed by atoms with van der Waals surface area (Å²) in [7, 11) is 1.62. The monoisotopic (exact) mass is 261 g/mol. The summed E-state index contributed by atoms with van der Waals surface area (Å²) >= 11 is 0. The normalized spacial score (nSPS) is 17.5. The first-order valence-electron chi connectivity index (χ1n) is 6.68. The van der Waals surface area contributed by atoms with Gasteiger partial charge in [0, 0.05) is 19.2 Å². The number of hydrogen-bond donors (Lipinski definition) is 2. The number of imidazole rings is 1. The molecular formula is C13H19N5O. The second kappa shape index (κ2) is 5.54. The summed E-state index contributed by atoms with van der Waals surface area (Å²) in [6, 6.07) is 3.81. The third-order valence-corrected chi connectivity index (χ3v) is 3.38. The summed E-state index contributed by atoms with van der Waals surface area (Å²) < 4.78 is 5.11. The van der Waals surface area contributed by atoms with E-state index in [1.54, 1.807) is 7.11 Å². The van der Waals surface area contributed by atoms with E-state index in [0.717, 1.165) is 49.7 Å². The molecule has 2 aromatic rings. The van der Waals surface area contributed by atoms with Crippen LogP contribution in [0.25, 0.3) is 11.2 Å². The Hall–Kier alpha value is -1.66. The molecule has 3 rings (SSSR count). The molecule has 6 heteroatoms. The molecule has 2 N–H and O–H groups in total. The van der Waals surface area contributed by atoms with Gasteiger partial charge in [0.15, 0.2) is 5.65 Å². The zero-order valence-electron chi connectivity index (χ0n) is 11.1. The highest BCUT2D eigenvalue weighted by molar-refractivity contribution is 5.71. The number of hydrogen-bond acceptors (Lipinski definition) is 5. The Morgan fingerprint density at radius 3 is 3.11 bits per heavy atom. The van der Waals surface area contributed by atoms with E-state index in [0.29, 0.717) is 5.88 Å². The lowest BCUT2D eigenvalue weighted by Crippen LogP contribution is -2.28. The lowest BCUT2D eigenvalue weighted by Gasteiger charge is -2.17. The quantitative estimate of drug-likeness (QED) is 0.854. The van der Waals surface area contributed by atoms with Crippen LogP contribution in [0, 0.1) is 0 Å². The molecule has 1 fully saturated rings. The van der Waals surface area contributed by atoms with Gasteiger partial charge in [-0.05, 0) is 25.6 Å². The van der Waals surface area contributed by atoms with Gasteiger partial charge in [-0.15, -0.1) is 0 Å². The Kier molecular flexibility index (Phi) is 3.61. The maximum absolute atomic E-state index is 5.11. The van der Waals surface area contributed by atoms with Crippen molar-refractivity contribution >= 4 is 11.2 Å². The first kappa shape index (κ1) is 12.4. The van der Waals surface area contributed by atoms with Crippen LogP contribution in [0.1, 0.15) is 12.2 Å². The first-order valence-corrected chi connectivity index (χ1v) is 6.68. The van der Waals surface area contributed by atoms with Gasteiger partial charge in [-0.1, -0.05) is 0 Å². The molecule has 0 bridgehead atoms. The van der Waals surface area contributed by atoms with E-state index < -0.39 is 0 Å². The number of ether oxygens (including phenoxy) is 1. The molecule has 19 heavy (non-hydrogen) atoms. The molecule has 0 aliphatic carbocycles. The van der Waals surface area contributed by atoms with Gasteiger partial charge in [0.1, 0.15) is 5.82 Å². The van der Waals surface area contributed by atoms with Crippen LogP contribution in [0.15, 0.2) is 12.1 Å². The molecule has 0 atom stereocenters. The highest BCUT2D eigenvalue weighted by atomic mass is 16.5. The molecular weight excluding hydrogens is 242 g/mol. The maximum atomic E-state index is 5.11. The molecule has 6 nitrogen and oxygen atoms in total. The lowest BCUT2D eigenvalue weighted by molar-refractivity contribution is 0.278. The second-order valence-corrected chi connectivity index (χ2v) is 4.79. The third-order valence-electron chi connectivity index (χ3n) is 3.38. The van der Waals surface area contributed by atoms with Crippen LogP contribution < -0.4 is 10.1 Å². The molecule has 1 aliphatic heterocycles. The van der Waals surface area contributed by atoms with E-state index in [4.69, 9.17) is 4.74 Å². The van der Waals surface area contributed by atoms with Gasteiger partial charge >= 0.3 is 0 Å². The Morgan fingerprint density at radius 1 is 1.26 bits per heavy atom. The molecule has 0 unspecified atom stereocenters. The molecule has 0 spiro atoms. The average Bonchev–Trinajstić information content (AvgIpc) is 2.64. The zero-order valence-corrected chi connectivity index (χ0v) is 11.1. The van der Waals surface area contributed by atoms with Crippen molar-refractivity contribution in [3.05, 3.63) is 18.0 Å². The van der Waals surface area contributed by atoms with Gasteiger partial charge in [0.05, 0.1) is 19.2 Å². The van der Waals surface area contributed by atoms with Gasteiger partial charge < -0.3 is 15.0 Å². The third kappa shape index (κ3) is 2.85. The van der Waals surface area contributed by atoms with Gasteiger partial charge in [-0.25, -0.2) is 4.98 Å². The van der Waals surface area contributed by atoms with Crippen LogP contribution in [0.5, 0.6) is 5.88 Å². The van der Waals surface area contributed by atoms with Crippen LogP contribution >= 0.6 is 0 Å². The van der Waals surface area contributed by atoms with Crippen molar-refractivity contribution in [3.8, 4) is 5.88 Å². The summed E-state index contributed by atoms with van der Waals surface area (Å²) in [5.74, 6) is 1.57. The second-order valence-electron chi connectivity index (χ2n) is 4.79. The molecule has 1 aliphatic rings. The minimum atomic E-state index is 0.601. The molecule has 0 amide bonds. The zero-order chi connectivity index (χ0) is 13.1. The van der Waals surface area contributed by atoms with Crippen molar-refractivity contribution in [3.63, 3.8) is 0 Å². The van der Waals surface area contributed by atoms with Crippen molar-refractivity contribution in [1.82, 2.24) is 25.2 Å². The fourth-order valence-corrected chi connectivity index (χ4v) is 2.39. The fraction of sp³-hybridized carbons (Fsp3) is 0.538. The maximum Gasteiger partial charge on any atom is 0.215 e. The molecule has 0 aromatic carbocycles. The number of aromatic amines is 1. The molecule has 1 saturated heterocycles.